The van der Waals surface area contributed by atoms with Crippen LogP contribution in [0.3, 0.4) is 0 Å². The van der Waals surface area contributed by atoms with E-state index in [0.29, 0.717) is 16.4 Å². The third-order valence-corrected chi connectivity index (χ3v) is 5.51. The van der Waals surface area contributed by atoms with E-state index >= 15 is 0 Å². The van der Waals surface area contributed by atoms with Crippen LogP contribution in [0.2, 0.25) is 0 Å². The molecule has 0 spiro atoms. The first kappa shape index (κ1) is 18.1. The molecule has 0 fully saturated rings. The maximum atomic E-state index is 13.0. The molecule has 1 aliphatic heterocycles. The number of rotatable bonds is 6. The number of aliphatic hydroxyl groups excluding tert-OH is 1. The zero-order chi connectivity index (χ0) is 19.7. The Kier molecular flexibility index (Phi) is 4.75. The van der Waals surface area contributed by atoms with Crippen LogP contribution >= 0.6 is 11.3 Å². The zero-order valence-corrected chi connectivity index (χ0v) is 15.8. The maximum Gasteiger partial charge on any atom is 0.290 e. The summed E-state index contributed by atoms with van der Waals surface area (Å²) in [6.45, 7) is 0.152. The van der Waals surface area contributed by atoms with Crippen molar-refractivity contribution in [3.8, 4) is 5.75 Å². The highest BCUT2D eigenvalue weighted by molar-refractivity contribution is 7.12. The molecule has 0 bridgehead atoms. The fourth-order valence-corrected chi connectivity index (χ4v) is 4.03. The second-order valence-electron chi connectivity index (χ2n) is 6.23. The standard InChI is InChI=1S/C21H17NO5S/c1-26-14-7-3-2-6-13(14)12-22-18(15-8-4-10-27-15)17(20(24)21(22)25)19(23)16-9-5-11-28-16/h2-11,18,24H,12H2,1H3. The summed E-state index contributed by atoms with van der Waals surface area (Å²) in [4.78, 5) is 27.8. The minimum atomic E-state index is -0.818. The molecule has 1 aliphatic rings. The number of carbonyl (C=O) groups is 2. The van der Waals surface area contributed by atoms with Gasteiger partial charge in [0, 0.05) is 5.56 Å². The van der Waals surface area contributed by atoms with Crippen LogP contribution in [0.25, 0.3) is 0 Å². The van der Waals surface area contributed by atoms with Gasteiger partial charge in [-0.15, -0.1) is 11.3 Å². The monoisotopic (exact) mass is 395 g/mol. The molecule has 0 radical (unpaired) electrons. The molecule has 6 nitrogen and oxygen atoms in total. The quantitative estimate of drug-likeness (QED) is 0.635. The fraction of sp³-hybridized carbons (Fsp3) is 0.143. The van der Waals surface area contributed by atoms with Crippen LogP contribution in [0, 0.1) is 0 Å². The van der Waals surface area contributed by atoms with E-state index in [0.717, 1.165) is 5.56 Å². The average molecular weight is 395 g/mol. The number of hydrogen-bond donors (Lipinski definition) is 1. The van der Waals surface area contributed by atoms with Gasteiger partial charge in [-0.25, -0.2) is 0 Å². The third kappa shape index (κ3) is 2.99. The minimum Gasteiger partial charge on any atom is -0.503 e. The van der Waals surface area contributed by atoms with Crippen molar-refractivity contribution in [1.29, 1.82) is 0 Å². The Bertz CT molecular complexity index is 1040. The van der Waals surface area contributed by atoms with Crippen LogP contribution in [0.4, 0.5) is 0 Å². The lowest BCUT2D eigenvalue weighted by atomic mass is 10.00. The summed E-state index contributed by atoms with van der Waals surface area (Å²) < 4.78 is 10.9. The van der Waals surface area contributed by atoms with Gasteiger partial charge in [-0.1, -0.05) is 24.3 Å². The van der Waals surface area contributed by atoms with E-state index in [-0.39, 0.29) is 17.9 Å². The average Bonchev–Trinajstić information content (AvgIpc) is 3.46. The number of Topliss-reactive ketones (excluding diaryl/α,β-unsaturated/α-hetero) is 1. The normalized spacial score (nSPS) is 16.7. The highest BCUT2D eigenvalue weighted by Crippen LogP contribution is 2.41. The summed E-state index contributed by atoms with van der Waals surface area (Å²) >= 11 is 1.26. The van der Waals surface area contributed by atoms with E-state index in [4.69, 9.17) is 9.15 Å². The molecular formula is C21H17NO5S. The predicted octanol–water partition coefficient (Wildman–Crippen LogP) is 4.13. The van der Waals surface area contributed by atoms with Crippen LogP contribution in [-0.2, 0) is 11.3 Å². The second-order valence-corrected chi connectivity index (χ2v) is 7.18. The zero-order valence-electron chi connectivity index (χ0n) is 15.0. The first-order valence-corrected chi connectivity index (χ1v) is 9.47. The lowest BCUT2D eigenvalue weighted by molar-refractivity contribution is -0.130. The van der Waals surface area contributed by atoms with Crippen molar-refractivity contribution >= 4 is 23.0 Å². The summed E-state index contributed by atoms with van der Waals surface area (Å²) in [5.41, 5.74) is 0.782. The van der Waals surface area contributed by atoms with Crippen LogP contribution in [-0.4, -0.2) is 28.8 Å². The third-order valence-electron chi connectivity index (χ3n) is 4.64. The number of ether oxygens (including phenoxy) is 1. The van der Waals surface area contributed by atoms with Gasteiger partial charge in [0.05, 0.1) is 30.4 Å². The van der Waals surface area contributed by atoms with E-state index < -0.39 is 17.7 Å². The highest BCUT2D eigenvalue weighted by Gasteiger charge is 2.45. The Morgan fingerprint density at radius 1 is 1.21 bits per heavy atom. The fourth-order valence-electron chi connectivity index (χ4n) is 3.35. The lowest BCUT2D eigenvalue weighted by Crippen LogP contribution is -2.30. The molecule has 1 aromatic carbocycles. The molecule has 28 heavy (non-hydrogen) atoms. The maximum absolute atomic E-state index is 13.0. The molecule has 7 heteroatoms. The van der Waals surface area contributed by atoms with Crippen LogP contribution < -0.4 is 4.74 Å². The van der Waals surface area contributed by atoms with Crippen LogP contribution in [0.1, 0.15) is 27.0 Å². The minimum absolute atomic E-state index is 0.0253. The summed E-state index contributed by atoms with van der Waals surface area (Å²) in [5, 5.41) is 12.3. The van der Waals surface area contributed by atoms with Crippen molar-refractivity contribution in [2.75, 3.05) is 7.11 Å². The SMILES string of the molecule is COc1ccccc1CN1C(=O)C(O)=C(C(=O)c2cccs2)C1c1ccco1. The number of furan rings is 1. The number of aliphatic hydroxyl groups is 1. The Morgan fingerprint density at radius 3 is 2.71 bits per heavy atom. The van der Waals surface area contributed by atoms with E-state index in [1.54, 1.807) is 42.8 Å². The number of para-hydroxylation sites is 1. The van der Waals surface area contributed by atoms with Gasteiger partial charge >= 0.3 is 0 Å². The second kappa shape index (κ2) is 7.36. The van der Waals surface area contributed by atoms with Gasteiger partial charge in [-0.3, -0.25) is 9.59 Å². The lowest BCUT2D eigenvalue weighted by Gasteiger charge is -2.25. The van der Waals surface area contributed by atoms with Gasteiger partial charge in [0.25, 0.3) is 5.91 Å². The molecule has 3 heterocycles. The van der Waals surface area contributed by atoms with E-state index in [1.165, 1.54) is 22.5 Å². The van der Waals surface area contributed by atoms with Gasteiger partial charge < -0.3 is 19.2 Å². The van der Waals surface area contributed by atoms with Crippen LogP contribution in [0.15, 0.2) is 75.9 Å². The molecule has 2 aromatic heterocycles. The molecule has 0 saturated heterocycles. The first-order valence-electron chi connectivity index (χ1n) is 8.59. The van der Waals surface area contributed by atoms with E-state index in [9.17, 15) is 14.7 Å². The molecule has 1 N–H and O–H groups in total. The Labute approximate surface area is 165 Å². The number of ketones is 1. The topological polar surface area (TPSA) is 80.0 Å². The van der Waals surface area contributed by atoms with Gasteiger partial charge in [0.15, 0.2) is 5.76 Å². The molecule has 142 valence electrons. The van der Waals surface area contributed by atoms with Crippen molar-refractivity contribution in [3.63, 3.8) is 0 Å². The van der Waals surface area contributed by atoms with Crippen molar-refractivity contribution < 1.29 is 23.8 Å². The molecular weight excluding hydrogens is 378 g/mol. The number of carbonyl (C=O) groups excluding carboxylic acids is 2. The van der Waals surface area contributed by atoms with Gasteiger partial charge in [0.2, 0.25) is 5.78 Å². The van der Waals surface area contributed by atoms with Crippen molar-refractivity contribution in [2.45, 2.75) is 12.6 Å². The first-order chi connectivity index (χ1) is 13.6. The van der Waals surface area contributed by atoms with Gasteiger partial charge in [-0.2, -0.15) is 0 Å². The summed E-state index contributed by atoms with van der Waals surface area (Å²) in [6, 6.07) is 13.3. The van der Waals surface area contributed by atoms with Crippen molar-refractivity contribution in [1.82, 2.24) is 4.90 Å². The Balaban J connectivity index is 1.77. The predicted molar refractivity (Wildman–Crippen MR) is 103 cm³/mol. The summed E-state index contributed by atoms with van der Waals surface area (Å²) in [5.74, 6) is -0.523. The highest BCUT2D eigenvalue weighted by atomic mass is 32.1. The van der Waals surface area contributed by atoms with Gasteiger partial charge in [-0.05, 0) is 29.6 Å². The van der Waals surface area contributed by atoms with E-state index in [1.807, 2.05) is 18.2 Å². The van der Waals surface area contributed by atoms with Crippen molar-refractivity contribution in [3.05, 3.63) is 87.7 Å². The number of methoxy groups -OCH3 is 1. The molecule has 0 aliphatic carbocycles. The molecule has 0 saturated carbocycles. The molecule has 1 unspecified atom stereocenters. The number of amides is 1. The number of thiophene rings is 1. The van der Waals surface area contributed by atoms with Crippen LogP contribution in [0.5, 0.6) is 5.75 Å². The summed E-state index contributed by atoms with van der Waals surface area (Å²) in [7, 11) is 1.55. The largest absolute Gasteiger partial charge is 0.503 e. The Hall–Kier alpha value is -3.32. The number of nitrogens with zero attached hydrogens (tertiary/aromatic N) is 1. The molecule has 1 atom stereocenters. The van der Waals surface area contributed by atoms with Crippen molar-refractivity contribution in [2.24, 2.45) is 0 Å². The van der Waals surface area contributed by atoms with E-state index in [2.05, 4.69) is 0 Å². The molecule has 1 amide bonds. The number of benzene rings is 1. The van der Waals surface area contributed by atoms with Gasteiger partial charge in [0.1, 0.15) is 17.6 Å². The Morgan fingerprint density at radius 2 is 2.04 bits per heavy atom. The smallest absolute Gasteiger partial charge is 0.290 e. The molecule has 4 rings (SSSR count). The summed E-state index contributed by atoms with van der Waals surface area (Å²) in [6.07, 6.45) is 1.48. The number of hydrogen-bond acceptors (Lipinski definition) is 6. The molecule has 3 aromatic rings.